The molecule has 41 heavy (non-hydrogen) atoms. The Bertz CT molecular complexity index is 1530. The number of ether oxygens (including phenoxy) is 3. The largest absolute Gasteiger partial charge is 0.486 e. The Morgan fingerprint density at radius 2 is 1.85 bits per heavy atom. The molecule has 0 aliphatic carbocycles. The lowest BCUT2D eigenvalue weighted by Gasteiger charge is -2.40. The van der Waals surface area contributed by atoms with Gasteiger partial charge in [-0.1, -0.05) is 24.3 Å². The highest BCUT2D eigenvalue weighted by Gasteiger charge is 2.37. The number of carbonyl (C=O) groups excluding carboxylic acids is 2. The molecule has 12 nitrogen and oxygen atoms in total. The molecule has 2 aliphatic rings. The molecule has 0 saturated carbocycles. The fourth-order valence-electron chi connectivity index (χ4n) is 4.78. The standard InChI is InChI=1S/C29H29N7O5/c1-20-15-26(33-28(32-20)35-10-9-30-19-35)34-11-12-36(29(38)41-22-5-3-2-4-6-22)23(18-34)27(37)31-17-21-7-8-24-25(16-21)40-14-13-39-24/h2-10,15-16,19,23H,11-14,17-18H2,1H3,(H,31,37). The SMILES string of the molecule is Cc1cc(N2CCN(C(=O)Oc3ccccc3)C(C(=O)NCc3ccc4c(c3)OCCO4)C2)nc(-n2ccnc2)n1. The number of benzene rings is 2. The van der Waals surface area contributed by atoms with Gasteiger partial charge in [-0.25, -0.2) is 14.8 Å². The number of hydrogen-bond acceptors (Lipinski definition) is 9. The van der Waals surface area contributed by atoms with Crippen LogP contribution in [0, 0.1) is 6.92 Å². The number of nitrogens with one attached hydrogen (secondary N) is 1. The number of para-hydroxylation sites is 1. The zero-order chi connectivity index (χ0) is 28.2. The lowest BCUT2D eigenvalue weighted by Crippen LogP contribution is -2.61. The number of aryl methyl sites for hydroxylation is 1. The van der Waals surface area contributed by atoms with Gasteiger partial charge in [0, 0.05) is 50.3 Å². The number of nitrogens with zero attached hydrogens (tertiary/aromatic N) is 6. The molecule has 2 aromatic heterocycles. The van der Waals surface area contributed by atoms with Gasteiger partial charge in [-0.15, -0.1) is 0 Å². The van der Waals surface area contributed by atoms with Crippen molar-refractivity contribution in [3.8, 4) is 23.2 Å². The highest BCUT2D eigenvalue weighted by atomic mass is 16.6. The van der Waals surface area contributed by atoms with Gasteiger partial charge in [0.05, 0.1) is 0 Å². The van der Waals surface area contributed by atoms with Crippen molar-refractivity contribution in [2.75, 3.05) is 37.7 Å². The van der Waals surface area contributed by atoms with Crippen LogP contribution in [0.15, 0.2) is 73.3 Å². The number of carbonyl (C=O) groups is 2. The monoisotopic (exact) mass is 555 g/mol. The molecule has 0 spiro atoms. The first-order valence-electron chi connectivity index (χ1n) is 13.3. The maximum atomic E-state index is 13.6. The molecule has 1 unspecified atom stereocenters. The maximum Gasteiger partial charge on any atom is 0.416 e. The van der Waals surface area contributed by atoms with Crippen LogP contribution in [0.3, 0.4) is 0 Å². The van der Waals surface area contributed by atoms with E-state index in [9.17, 15) is 9.59 Å². The zero-order valence-corrected chi connectivity index (χ0v) is 22.5. The molecular weight excluding hydrogens is 526 g/mol. The van der Waals surface area contributed by atoms with Gasteiger partial charge in [-0.3, -0.25) is 14.3 Å². The van der Waals surface area contributed by atoms with E-state index in [0.29, 0.717) is 48.8 Å². The van der Waals surface area contributed by atoms with Crippen molar-refractivity contribution < 1.29 is 23.8 Å². The van der Waals surface area contributed by atoms with Gasteiger partial charge in [0.15, 0.2) is 11.5 Å². The summed E-state index contributed by atoms with van der Waals surface area (Å²) in [4.78, 5) is 43.7. The third kappa shape index (κ3) is 5.91. The number of piperazine rings is 1. The van der Waals surface area contributed by atoms with Crippen LogP contribution < -0.4 is 24.4 Å². The fourth-order valence-corrected chi connectivity index (χ4v) is 4.78. The van der Waals surface area contributed by atoms with Crippen LogP contribution in [0.1, 0.15) is 11.3 Å². The molecule has 0 radical (unpaired) electrons. The summed E-state index contributed by atoms with van der Waals surface area (Å²) in [7, 11) is 0. The van der Waals surface area contributed by atoms with Crippen molar-refractivity contribution in [2.24, 2.45) is 0 Å². The molecule has 6 rings (SSSR count). The van der Waals surface area contributed by atoms with E-state index in [4.69, 9.17) is 19.2 Å². The van der Waals surface area contributed by atoms with E-state index in [1.165, 1.54) is 4.90 Å². The Morgan fingerprint density at radius 1 is 1.02 bits per heavy atom. The molecule has 0 bridgehead atoms. The third-order valence-electron chi connectivity index (χ3n) is 6.83. The van der Waals surface area contributed by atoms with Crippen LogP contribution >= 0.6 is 0 Å². The minimum Gasteiger partial charge on any atom is -0.486 e. The van der Waals surface area contributed by atoms with Gasteiger partial charge in [0.1, 0.15) is 37.2 Å². The molecule has 210 valence electrons. The van der Waals surface area contributed by atoms with E-state index >= 15 is 0 Å². The summed E-state index contributed by atoms with van der Waals surface area (Å²) in [6, 6.07) is 15.4. The van der Waals surface area contributed by atoms with Crippen molar-refractivity contribution in [1.82, 2.24) is 29.7 Å². The van der Waals surface area contributed by atoms with E-state index in [0.717, 1.165) is 11.3 Å². The Kier molecular flexibility index (Phi) is 7.35. The van der Waals surface area contributed by atoms with Crippen LogP contribution in [0.5, 0.6) is 17.2 Å². The maximum absolute atomic E-state index is 13.6. The summed E-state index contributed by atoms with van der Waals surface area (Å²) in [5.41, 5.74) is 1.62. The molecule has 4 heterocycles. The van der Waals surface area contributed by atoms with Gasteiger partial charge in [-0.2, -0.15) is 4.98 Å². The molecule has 4 aromatic rings. The first kappa shape index (κ1) is 26.1. The van der Waals surface area contributed by atoms with Crippen LogP contribution in [-0.4, -0.2) is 75.3 Å². The molecule has 2 amide bonds. The third-order valence-corrected chi connectivity index (χ3v) is 6.83. The van der Waals surface area contributed by atoms with Gasteiger partial charge >= 0.3 is 6.09 Å². The smallest absolute Gasteiger partial charge is 0.416 e. The molecule has 1 N–H and O–H groups in total. The predicted octanol–water partition coefficient (Wildman–Crippen LogP) is 2.75. The van der Waals surface area contributed by atoms with Crippen LogP contribution in [-0.2, 0) is 11.3 Å². The van der Waals surface area contributed by atoms with Crippen LogP contribution in [0.25, 0.3) is 5.95 Å². The Morgan fingerprint density at radius 3 is 2.66 bits per heavy atom. The first-order valence-corrected chi connectivity index (χ1v) is 13.3. The van der Waals surface area contributed by atoms with E-state index < -0.39 is 12.1 Å². The molecular formula is C29H29N7O5. The summed E-state index contributed by atoms with van der Waals surface area (Å²) in [5.74, 6) is 2.55. The fraction of sp³-hybridized carbons (Fsp3) is 0.276. The minimum atomic E-state index is -0.830. The van der Waals surface area contributed by atoms with E-state index in [1.54, 1.807) is 47.6 Å². The van der Waals surface area contributed by atoms with Gasteiger partial charge in [-0.05, 0) is 36.8 Å². The lowest BCUT2D eigenvalue weighted by atomic mass is 10.1. The highest BCUT2D eigenvalue weighted by molar-refractivity contribution is 5.87. The molecule has 2 aliphatic heterocycles. The van der Waals surface area contributed by atoms with Crippen molar-refractivity contribution in [3.63, 3.8) is 0 Å². The van der Waals surface area contributed by atoms with E-state index in [-0.39, 0.29) is 25.5 Å². The Hall–Kier alpha value is -5.13. The average molecular weight is 556 g/mol. The molecule has 12 heteroatoms. The second-order valence-electron chi connectivity index (χ2n) is 9.67. The van der Waals surface area contributed by atoms with E-state index in [2.05, 4.69) is 15.3 Å². The summed E-state index contributed by atoms with van der Waals surface area (Å²) in [6.07, 6.45) is 4.46. The second kappa shape index (κ2) is 11.5. The number of fused-ring (bicyclic) bond motifs is 1. The quantitative estimate of drug-likeness (QED) is 0.382. The topological polar surface area (TPSA) is 124 Å². The van der Waals surface area contributed by atoms with E-state index in [1.807, 2.05) is 42.2 Å². The number of aromatic nitrogens is 4. The summed E-state index contributed by atoms with van der Waals surface area (Å²) in [6.45, 7) is 4.06. The Labute approximate surface area is 236 Å². The number of rotatable bonds is 6. The number of amides is 2. The van der Waals surface area contributed by atoms with Crippen LogP contribution in [0.2, 0.25) is 0 Å². The molecule has 1 fully saturated rings. The lowest BCUT2D eigenvalue weighted by molar-refractivity contribution is -0.126. The first-order chi connectivity index (χ1) is 20.0. The molecule has 1 saturated heterocycles. The normalized spacial score (nSPS) is 16.3. The van der Waals surface area contributed by atoms with Crippen molar-refractivity contribution in [2.45, 2.75) is 19.5 Å². The zero-order valence-electron chi connectivity index (χ0n) is 22.5. The van der Waals surface area contributed by atoms with Gasteiger partial charge < -0.3 is 24.4 Å². The summed E-state index contributed by atoms with van der Waals surface area (Å²) in [5, 5.41) is 2.98. The minimum absolute atomic E-state index is 0.219. The summed E-state index contributed by atoms with van der Waals surface area (Å²) < 4.78 is 18.6. The number of imidazole rings is 1. The predicted molar refractivity (Wildman–Crippen MR) is 148 cm³/mol. The number of anilines is 1. The average Bonchev–Trinajstić information content (AvgIpc) is 3.55. The van der Waals surface area contributed by atoms with Crippen LogP contribution in [0.4, 0.5) is 10.6 Å². The molecule has 2 aromatic carbocycles. The highest BCUT2D eigenvalue weighted by Crippen LogP contribution is 2.30. The van der Waals surface area contributed by atoms with Crippen molar-refractivity contribution >= 4 is 17.8 Å². The number of hydrogen-bond donors (Lipinski definition) is 1. The Balaban J connectivity index is 1.22. The van der Waals surface area contributed by atoms with Crippen molar-refractivity contribution in [1.29, 1.82) is 0 Å². The summed E-state index contributed by atoms with van der Waals surface area (Å²) >= 11 is 0. The van der Waals surface area contributed by atoms with Crippen molar-refractivity contribution in [3.05, 3.63) is 84.6 Å². The molecule has 1 atom stereocenters. The second-order valence-corrected chi connectivity index (χ2v) is 9.67. The van der Waals surface area contributed by atoms with Gasteiger partial charge in [0.2, 0.25) is 11.9 Å². The van der Waals surface area contributed by atoms with Gasteiger partial charge in [0.25, 0.3) is 0 Å².